The number of unbranched alkanes of at least 4 members (excludes halogenated alkanes) is 2. The number of hydrogen-bond donors (Lipinski definition) is 8. The molecular formula is C89H107F2N12O23S4+. The highest BCUT2D eigenvalue weighted by atomic mass is 32.2. The number of alkyl halides is 2. The monoisotopic (exact) mass is 1880 g/mol. The maximum atomic E-state index is 14.1. The summed E-state index contributed by atoms with van der Waals surface area (Å²) in [5.41, 5.74) is 8.86. The van der Waals surface area contributed by atoms with Crippen LogP contribution in [0.15, 0.2) is 166 Å². The minimum atomic E-state index is -4.61. The summed E-state index contributed by atoms with van der Waals surface area (Å²) in [7, 11) is -17.7. The molecule has 5 aromatic carbocycles. The number of aromatic nitrogens is 3. The lowest BCUT2D eigenvalue weighted by atomic mass is 9.81. The van der Waals surface area contributed by atoms with Gasteiger partial charge in [-0.05, 0) is 171 Å². The highest BCUT2D eigenvalue weighted by molar-refractivity contribution is 7.86. The van der Waals surface area contributed by atoms with E-state index in [-0.39, 0.29) is 158 Å². The lowest BCUT2D eigenvalue weighted by molar-refractivity contribution is -0.438. The SMILES string of the molecule is CC1(C)C(/C=C/C2=C(Oc3ccc(CCC(=O)NCCOCCOCOCCOCCC(=O)NCCNC(=O)c4ccc(-c5cn(Cc6cccc7c6CN(C(=O)C[C@@H]6C[C@@H](C(=O)N8CC(F)(F)C[C@H]8C#N)NC6=O)C7)nn5)cc4)cc3)C(=C/C=C3/N(CCCCS(=O)(=O)O)c4ccc(S(=O)(=O)O)cc4C3(C)C)/CCC2)=[N+](CCCCS(=O)(=O)O)c2ccc(S(=O)(=O)O)cc21. The Hall–Kier alpha value is -10.9. The maximum Gasteiger partial charge on any atom is 0.294 e. The Bertz CT molecular complexity index is 5940. The maximum absolute atomic E-state index is 14.1. The Labute approximate surface area is 753 Å². The first kappa shape index (κ1) is 98.2. The summed E-state index contributed by atoms with van der Waals surface area (Å²) in [6, 6.07) is 27.7. The molecule has 8 N–H and O–H groups in total. The molecule has 12 rings (SSSR count). The number of hydrogen-bond acceptors (Lipinski definition) is 23. The molecule has 0 spiro atoms. The molecule has 41 heteroatoms. The van der Waals surface area contributed by atoms with Gasteiger partial charge in [0, 0.05) is 123 Å². The Kier molecular flexibility index (Phi) is 32.1. The molecule has 130 heavy (non-hydrogen) atoms. The number of rotatable bonds is 44. The smallest absolute Gasteiger partial charge is 0.294 e. The number of nitrogens with zero attached hydrogens (tertiary/aromatic N) is 8. The topological polar surface area (TPSA) is 481 Å². The van der Waals surface area contributed by atoms with Gasteiger partial charge in [-0.1, -0.05) is 67.6 Å². The highest BCUT2D eigenvalue weighted by Crippen LogP contribution is 2.50. The van der Waals surface area contributed by atoms with Crippen molar-refractivity contribution in [3.05, 3.63) is 195 Å². The third-order valence-electron chi connectivity index (χ3n) is 23.6. The van der Waals surface area contributed by atoms with Gasteiger partial charge in [0.2, 0.25) is 35.2 Å². The molecule has 3 atom stereocenters. The number of ether oxygens (including phenoxy) is 5. The molecule has 0 unspecified atom stereocenters. The molecule has 0 bridgehead atoms. The number of halogens is 2. The van der Waals surface area contributed by atoms with E-state index >= 15 is 0 Å². The number of fused-ring (bicyclic) bond motifs is 3. The summed E-state index contributed by atoms with van der Waals surface area (Å²) >= 11 is 0. The minimum Gasteiger partial charge on any atom is -0.457 e. The van der Waals surface area contributed by atoms with Crippen LogP contribution in [-0.4, -0.2) is 238 Å². The number of anilines is 1. The third kappa shape index (κ3) is 25.9. The number of allylic oxidation sites excluding steroid dienone is 7. The lowest BCUT2D eigenvalue weighted by Gasteiger charge is -2.27. The Morgan fingerprint density at radius 3 is 2.07 bits per heavy atom. The molecule has 0 saturated carbocycles. The van der Waals surface area contributed by atoms with E-state index in [1.807, 2.05) is 91.8 Å². The first-order valence-electron chi connectivity index (χ1n) is 42.7. The predicted molar refractivity (Wildman–Crippen MR) is 471 cm³/mol. The lowest BCUT2D eigenvalue weighted by Crippen LogP contribution is -2.46. The van der Waals surface area contributed by atoms with Crippen molar-refractivity contribution in [1.29, 1.82) is 5.26 Å². The second-order valence-corrected chi connectivity index (χ2v) is 39.7. The zero-order valence-electron chi connectivity index (χ0n) is 72.4. The van der Waals surface area contributed by atoms with Crippen molar-refractivity contribution >= 4 is 93.0 Å². The van der Waals surface area contributed by atoms with Gasteiger partial charge in [0.1, 0.15) is 42.6 Å². The van der Waals surface area contributed by atoms with Crippen LogP contribution in [0.1, 0.15) is 148 Å². The van der Waals surface area contributed by atoms with Gasteiger partial charge in [-0.15, -0.1) is 5.10 Å². The number of nitrogens with one attached hydrogen (secondary N) is 4. The van der Waals surface area contributed by atoms with Crippen molar-refractivity contribution in [3.63, 3.8) is 0 Å². The van der Waals surface area contributed by atoms with Crippen molar-refractivity contribution in [2.45, 2.75) is 169 Å². The van der Waals surface area contributed by atoms with E-state index in [0.717, 1.165) is 38.3 Å². The van der Waals surface area contributed by atoms with Crippen LogP contribution in [-0.2, 0) is 120 Å². The third-order valence-corrected chi connectivity index (χ3v) is 26.9. The first-order chi connectivity index (χ1) is 61.6. The normalized spacial score (nSPS) is 18.8. The number of carbonyl (C=O) groups excluding carboxylic acids is 6. The van der Waals surface area contributed by atoms with E-state index < -0.39 is 112 Å². The van der Waals surface area contributed by atoms with Crippen LogP contribution in [0.25, 0.3) is 11.3 Å². The van der Waals surface area contributed by atoms with Crippen LogP contribution in [0, 0.1) is 17.2 Å². The van der Waals surface area contributed by atoms with Crippen LogP contribution in [0.2, 0.25) is 0 Å². The average Bonchev–Trinajstić information content (AvgIpc) is 1.59. The largest absolute Gasteiger partial charge is 0.457 e. The van der Waals surface area contributed by atoms with E-state index in [2.05, 4.69) is 31.6 Å². The van der Waals surface area contributed by atoms with Gasteiger partial charge in [-0.2, -0.15) is 43.5 Å². The number of likely N-dealkylation sites (tertiary alicyclic amines) is 1. The molecule has 1 aromatic heterocycles. The van der Waals surface area contributed by atoms with Crippen LogP contribution in [0.5, 0.6) is 5.75 Å². The fourth-order valence-electron chi connectivity index (χ4n) is 16.8. The van der Waals surface area contributed by atoms with Crippen molar-refractivity contribution in [1.82, 2.24) is 46.1 Å². The van der Waals surface area contributed by atoms with Crippen LogP contribution < -0.4 is 30.9 Å². The molecule has 6 aliphatic rings. The second kappa shape index (κ2) is 42.6. The molecule has 2 saturated heterocycles. The van der Waals surface area contributed by atoms with Gasteiger partial charge < -0.3 is 59.7 Å². The summed E-state index contributed by atoms with van der Waals surface area (Å²) in [6.07, 6.45) is 11.6. The quantitative estimate of drug-likeness (QED) is 0.00770. The number of benzene rings is 5. The Balaban J connectivity index is 0.540. The summed E-state index contributed by atoms with van der Waals surface area (Å²) in [6.45, 7) is 9.92. The first-order valence-corrected chi connectivity index (χ1v) is 48.8. The van der Waals surface area contributed by atoms with Gasteiger partial charge in [0.25, 0.3) is 52.3 Å². The van der Waals surface area contributed by atoms with E-state index in [1.165, 1.54) is 24.3 Å². The molecule has 698 valence electrons. The summed E-state index contributed by atoms with van der Waals surface area (Å²) < 4.78 is 197. The van der Waals surface area contributed by atoms with Crippen molar-refractivity contribution in [2.75, 3.05) is 102 Å². The van der Waals surface area contributed by atoms with Gasteiger partial charge in [-0.3, -0.25) is 47.0 Å². The predicted octanol–water partition coefficient (Wildman–Crippen LogP) is 8.39. The van der Waals surface area contributed by atoms with E-state index in [9.17, 15) is 94.7 Å². The van der Waals surface area contributed by atoms with Gasteiger partial charge in [0.05, 0.1) is 91.7 Å². The molecule has 1 aliphatic carbocycles. The summed E-state index contributed by atoms with van der Waals surface area (Å²) in [5, 5.41) is 29.0. The number of aryl methyl sites for hydroxylation is 1. The minimum absolute atomic E-state index is 0.0311. The zero-order chi connectivity index (χ0) is 93.5. The average molecular weight is 1880 g/mol. The molecule has 2 fully saturated rings. The van der Waals surface area contributed by atoms with Crippen molar-refractivity contribution in [3.8, 4) is 23.1 Å². The van der Waals surface area contributed by atoms with Gasteiger partial charge >= 0.3 is 0 Å². The summed E-state index contributed by atoms with van der Waals surface area (Å²) in [4.78, 5) is 81.9. The van der Waals surface area contributed by atoms with Crippen molar-refractivity contribution < 1.29 is 118 Å². The van der Waals surface area contributed by atoms with E-state index in [0.29, 0.717) is 114 Å². The number of amides is 6. The molecule has 6 amide bonds. The van der Waals surface area contributed by atoms with Crippen LogP contribution in [0.3, 0.4) is 0 Å². The molecule has 0 radical (unpaired) electrons. The van der Waals surface area contributed by atoms with E-state index in [1.54, 1.807) is 70.4 Å². The second-order valence-electron chi connectivity index (χ2n) is 33.7. The van der Waals surface area contributed by atoms with Crippen LogP contribution >= 0.6 is 0 Å². The van der Waals surface area contributed by atoms with Gasteiger partial charge in [0.15, 0.2) is 5.71 Å². The summed E-state index contributed by atoms with van der Waals surface area (Å²) in [5.74, 6) is -6.45. The molecule has 6 heterocycles. The fourth-order valence-corrected chi connectivity index (χ4v) is 19.0. The zero-order valence-corrected chi connectivity index (χ0v) is 75.6. The van der Waals surface area contributed by atoms with Crippen LogP contribution in [0.4, 0.5) is 20.2 Å². The standard InChI is InChI=1S/C89H106F2N12O23S4/c1-87(2)72-49-69(129(116,117)118)26-28-76(72)101(37-5-7-45-127(110,111)112)78(87)30-22-61-11-9-12-62(23-31-79-88(3,4)73-50-70(130(119,120)121)27-29-77(73)102(79)38-6-8-46-128(113,114)115)83(61)126-68-24-15-59(16-25-68)17-32-80(104)94-36-40-123-42-44-125-58-124-43-41-122-39-33-81(105)93-34-35-95-84(107)63-20-18-60(19-21-63)75-56-100(98-97-75)54-65-14-10-13-64-53-99(55-71(64)65)82(106)48-66-47-74(96-85(66)108)86(109)103-57-89(90,91)51-67(103)52-92/h10,13-16,18-31,49-50,56,66-67,74H,5-9,11-12,17,32-48,51,53-55,57-58H2,1-4H3,(H7-,93,94,95,96,104,105,107,108,110,111,112,113,114,115,116,117,118,119,120,121)/p+1/t66-,67-,74-/m0/s1. The molecule has 6 aromatic rings. The molecule has 5 aliphatic heterocycles. The fraction of sp³-hybridized carbons (Fsp3) is 0.461. The molecular weight excluding hydrogens is 1770 g/mol. The Morgan fingerprint density at radius 2 is 1.37 bits per heavy atom. The number of carbonyl (C=O) groups is 6. The van der Waals surface area contributed by atoms with Crippen molar-refractivity contribution in [2.24, 2.45) is 5.92 Å². The molecule has 35 nitrogen and oxygen atoms in total. The Morgan fingerprint density at radius 1 is 0.708 bits per heavy atom. The van der Waals surface area contributed by atoms with Gasteiger partial charge in [-0.25, -0.2) is 13.5 Å². The number of nitriles is 1. The highest BCUT2D eigenvalue weighted by Gasteiger charge is 2.51. The van der Waals surface area contributed by atoms with E-state index in [4.69, 9.17) is 23.7 Å².